The third-order valence-corrected chi connectivity index (χ3v) is 5.01. The molecule has 0 amide bonds. The first-order valence-electron chi connectivity index (χ1n) is 9.15. The van der Waals surface area contributed by atoms with Crippen LogP contribution in [0.2, 0.25) is 10.0 Å². The third kappa shape index (κ3) is 5.44. The summed E-state index contributed by atoms with van der Waals surface area (Å²) in [6.07, 6.45) is 1.79. The van der Waals surface area contributed by atoms with Crippen LogP contribution in [-0.2, 0) is 19.6 Å². The molecule has 0 aliphatic heterocycles. The average molecular weight is 453 g/mol. The Hall–Kier alpha value is -2.22. The van der Waals surface area contributed by atoms with E-state index in [1.807, 2.05) is 36.4 Å². The highest BCUT2D eigenvalue weighted by Gasteiger charge is 2.13. The number of H-pyrrole nitrogens is 1. The van der Waals surface area contributed by atoms with Gasteiger partial charge in [0, 0.05) is 11.4 Å². The van der Waals surface area contributed by atoms with Crippen molar-refractivity contribution in [1.29, 1.82) is 0 Å². The minimum absolute atomic E-state index is 0.332. The van der Waals surface area contributed by atoms with Crippen molar-refractivity contribution < 1.29 is 9.47 Å². The minimum Gasteiger partial charge on any atom is -0.493 e. The molecule has 154 valence electrons. The fourth-order valence-electron chi connectivity index (χ4n) is 2.85. The number of rotatable bonds is 9. The Labute approximate surface area is 184 Å². The van der Waals surface area contributed by atoms with Crippen molar-refractivity contribution in [3.8, 4) is 11.5 Å². The van der Waals surface area contributed by atoms with Gasteiger partial charge in [0.1, 0.15) is 6.61 Å². The molecule has 0 aliphatic carbocycles. The molecule has 2 aromatic carbocycles. The summed E-state index contributed by atoms with van der Waals surface area (Å²) in [4.78, 5) is 0. The lowest BCUT2D eigenvalue weighted by molar-refractivity contribution is 0.284. The Balaban J connectivity index is 1.74. The molecule has 0 saturated carbocycles. The maximum absolute atomic E-state index is 6.48. The van der Waals surface area contributed by atoms with Crippen LogP contribution in [0.3, 0.4) is 0 Å². The molecule has 1 heterocycles. The number of nitrogens with one attached hydrogen (secondary N) is 2. The molecule has 0 aliphatic rings. The average Bonchev–Trinajstić information content (AvgIpc) is 3.05. The van der Waals surface area contributed by atoms with Gasteiger partial charge in [-0.25, -0.2) is 4.68 Å². The molecule has 1 aromatic heterocycles. The molecule has 0 atom stereocenters. The van der Waals surface area contributed by atoms with Crippen LogP contribution < -0.4 is 14.9 Å². The minimum atomic E-state index is 0.332. The highest BCUT2D eigenvalue weighted by molar-refractivity contribution is 7.71. The predicted octanol–water partition coefficient (Wildman–Crippen LogP) is 5.53. The summed E-state index contributed by atoms with van der Waals surface area (Å²) in [5.41, 5.74) is 5.14. The number of nitrogens with zero attached hydrogens (tertiary/aromatic N) is 2. The zero-order chi connectivity index (χ0) is 20.8. The molecule has 0 bridgehead atoms. The van der Waals surface area contributed by atoms with E-state index in [9.17, 15) is 0 Å². The normalized spacial score (nSPS) is 10.8. The second kappa shape index (κ2) is 10.0. The van der Waals surface area contributed by atoms with Gasteiger partial charge in [0.2, 0.25) is 4.77 Å². The monoisotopic (exact) mass is 452 g/mol. The Kier molecular flexibility index (Phi) is 7.41. The van der Waals surface area contributed by atoms with Crippen LogP contribution in [0.4, 0.5) is 0 Å². The lowest BCUT2D eigenvalue weighted by Gasteiger charge is -2.15. The van der Waals surface area contributed by atoms with Crippen LogP contribution in [0.5, 0.6) is 11.5 Å². The number of aryl methyl sites for hydroxylation is 1. The number of halogens is 2. The maximum Gasteiger partial charge on any atom is 0.214 e. The molecule has 0 fully saturated rings. The van der Waals surface area contributed by atoms with Gasteiger partial charge in [-0.05, 0) is 54.0 Å². The lowest BCUT2D eigenvalue weighted by atomic mass is 10.2. The summed E-state index contributed by atoms with van der Waals surface area (Å²) in [6, 6.07) is 11.2. The molecule has 6 nitrogen and oxygen atoms in total. The molecular weight excluding hydrogens is 431 g/mol. The van der Waals surface area contributed by atoms with Crippen LogP contribution >= 0.6 is 35.4 Å². The van der Waals surface area contributed by atoms with Crippen LogP contribution in [-0.4, -0.2) is 22.0 Å². The largest absolute Gasteiger partial charge is 0.493 e. The van der Waals surface area contributed by atoms with Crippen molar-refractivity contribution in [2.24, 2.45) is 0 Å². The van der Waals surface area contributed by atoms with Gasteiger partial charge in [0.05, 0.1) is 18.7 Å². The van der Waals surface area contributed by atoms with Crippen LogP contribution in [0.1, 0.15) is 30.3 Å². The number of benzene rings is 2. The summed E-state index contributed by atoms with van der Waals surface area (Å²) >= 11 is 17.8. The first-order valence-corrected chi connectivity index (χ1v) is 10.3. The molecule has 0 radical (unpaired) electrons. The van der Waals surface area contributed by atoms with Gasteiger partial charge in [0.25, 0.3) is 0 Å². The fraction of sp³-hybridized carbons (Fsp3) is 0.300. The Bertz CT molecular complexity index is 1040. The summed E-state index contributed by atoms with van der Waals surface area (Å²) in [6.45, 7) is 2.92. The number of ether oxygens (including phenoxy) is 2. The Morgan fingerprint density at radius 1 is 1.21 bits per heavy atom. The standard InChI is InChI=1S/C20H22Cl2N4O2S/c1-3-5-18-24-25-20(29)26(18)23-11-14-9-16(22)19(17(10-14)27-2)28-12-13-6-4-7-15(21)8-13/h4,6-10,23H,3,5,11-12H2,1-2H3,(H,25,29). The molecule has 29 heavy (non-hydrogen) atoms. The second-order valence-corrected chi connectivity index (χ2v) is 7.62. The molecule has 0 unspecified atom stereocenters. The summed E-state index contributed by atoms with van der Waals surface area (Å²) in [5, 5.41) is 8.18. The van der Waals surface area contributed by atoms with E-state index in [1.54, 1.807) is 11.8 Å². The number of methoxy groups -OCH3 is 1. The van der Waals surface area contributed by atoms with Gasteiger partial charge in [-0.3, -0.25) is 5.10 Å². The smallest absolute Gasteiger partial charge is 0.214 e. The van der Waals surface area contributed by atoms with E-state index < -0.39 is 0 Å². The number of hydrogen-bond acceptors (Lipinski definition) is 5. The zero-order valence-corrected chi connectivity index (χ0v) is 18.5. The van der Waals surface area contributed by atoms with Gasteiger partial charge in [-0.1, -0.05) is 42.3 Å². The second-order valence-electron chi connectivity index (χ2n) is 6.39. The van der Waals surface area contributed by atoms with Crippen molar-refractivity contribution in [3.63, 3.8) is 0 Å². The van der Waals surface area contributed by atoms with Crippen LogP contribution in [0.25, 0.3) is 0 Å². The van der Waals surface area contributed by atoms with E-state index >= 15 is 0 Å². The van der Waals surface area contributed by atoms with Gasteiger partial charge in [-0.15, -0.1) is 0 Å². The van der Waals surface area contributed by atoms with E-state index in [1.165, 1.54) is 0 Å². The number of hydrogen-bond donors (Lipinski definition) is 2. The third-order valence-electron chi connectivity index (χ3n) is 4.22. The van der Waals surface area contributed by atoms with Crippen LogP contribution in [0, 0.1) is 4.77 Å². The van der Waals surface area contributed by atoms with Crippen molar-refractivity contribution in [1.82, 2.24) is 14.9 Å². The lowest BCUT2D eigenvalue weighted by Crippen LogP contribution is -2.17. The predicted molar refractivity (Wildman–Crippen MR) is 118 cm³/mol. The van der Waals surface area contributed by atoms with Gasteiger partial charge >= 0.3 is 0 Å². The van der Waals surface area contributed by atoms with Crippen molar-refractivity contribution in [3.05, 3.63) is 68.2 Å². The molecule has 3 rings (SSSR count). The van der Waals surface area contributed by atoms with Crippen molar-refractivity contribution in [2.45, 2.75) is 32.9 Å². The van der Waals surface area contributed by atoms with Crippen molar-refractivity contribution >= 4 is 35.4 Å². The number of aromatic amines is 1. The van der Waals surface area contributed by atoms with E-state index in [2.05, 4.69) is 22.5 Å². The Morgan fingerprint density at radius 3 is 2.76 bits per heavy atom. The van der Waals surface area contributed by atoms with E-state index in [0.29, 0.717) is 39.5 Å². The number of aromatic nitrogens is 3. The maximum atomic E-state index is 6.48. The fourth-order valence-corrected chi connectivity index (χ4v) is 3.57. The SMILES string of the molecule is CCCc1n[nH]c(=S)n1NCc1cc(Cl)c(OCc2cccc(Cl)c2)c(OC)c1. The highest BCUT2D eigenvalue weighted by atomic mass is 35.5. The van der Waals surface area contributed by atoms with Crippen LogP contribution in [0.15, 0.2) is 36.4 Å². The summed E-state index contributed by atoms with van der Waals surface area (Å²) in [5.74, 6) is 1.91. The topological polar surface area (TPSA) is 64.1 Å². The molecule has 9 heteroatoms. The van der Waals surface area contributed by atoms with Gasteiger partial charge < -0.3 is 14.9 Å². The summed E-state index contributed by atoms with van der Waals surface area (Å²) < 4.78 is 13.7. The molecule has 0 spiro atoms. The molecule has 0 saturated heterocycles. The van der Waals surface area contributed by atoms with Crippen molar-refractivity contribution in [2.75, 3.05) is 12.5 Å². The highest BCUT2D eigenvalue weighted by Crippen LogP contribution is 2.37. The zero-order valence-electron chi connectivity index (χ0n) is 16.2. The first kappa shape index (κ1) is 21.5. The van der Waals surface area contributed by atoms with E-state index in [-0.39, 0.29) is 0 Å². The summed E-state index contributed by atoms with van der Waals surface area (Å²) in [7, 11) is 1.58. The Morgan fingerprint density at radius 2 is 2.03 bits per heavy atom. The van der Waals surface area contributed by atoms with E-state index in [0.717, 1.165) is 29.8 Å². The van der Waals surface area contributed by atoms with Gasteiger partial charge in [-0.2, -0.15) is 5.10 Å². The quantitative estimate of drug-likeness (QED) is 0.417. The van der Waals surface area contributed by atoms with Gasteiger partial charge in [0.15, 0.2) is 17.3 Å². The molecule has 2 N–H and O–H groups in total. The first-order chi connectivity index (χ1) is 14.0. The molecule has 3 aromatic rings. The molecular formula is C20H22Cl2N4O2S. The van der Waals surface area contributed by atoms with E-state index in [4.69, 9.17) is 44.9 Å².